The summed E-state index contributed by atoms with van der Waals surface area (Å²) in [4.78, 5) is 1.39. The lowest BCUT2D eigenvalue weighted by atomic mass is 10.0. The van der Waals surface area contributed by atoms with E-state index in [1.165, 1.54) is 10.5 Å². The van der Waals surface area contributed by atoms with Gasteiger partial charge in [-0.05, 0) is 30.7 Å². The van der Waals surface area contributed by atoms with Gasteiger partial charge in [0.1, 0.15) is 0 Å². The third-order valence-corrected chi connectivity index (χ3v) is 5.02. The summed E-state index contributed by atoms with van der Waals surface area (Å²) in [6.07, 6.45) is 2.92. The Labute approximate surface area is 110 Å². The van der Waals surface area contributed by atoms with Crippen LogP contribution in [-0.2, 0) is 10.8 Å². The summed E-state index contributed by atoms with van der Waals surface area (Å²) in [5.41, 5.74) is 1.40. The van der Waals surface area contributed by atoms with Gasteiger partial charge < -0.3 is 5.32 Å². The molecular formula is C13H19NOS2. The maximum atomic E-state index is 11.2. The van der Waals surface area contributed by atoms with E-state index in [0.29, 0.717) is 12.1 Å². The zero-order valence-electron chi connectivity index (χ0n) is 10.3. The van der Waals surface area contributed by atoms with Crippen molar-refractivity contribution in [2.45, 2.75) is 30.3 Å². The molecule has 1 aromatic rings. The van der Waals surface area contributed by atoms with Crippen molar-refractivity contribution in [1.82, 2.24) is 5.32 Å². The molecule has 94 valence electrons. The summed E-state index contributed by atoms with van der Waals surface area (Å²) in [7, 11) is -0.726. The van der Waals surface area contributed by atoms with Gasteiger partial charge in [-0.25, -0.2) is 0 Å². The molecule has 4 heteroatoms. The van der Waals surface area contributed by atoms with E-state index in [2.05, 4.69) is 36.5 Å². The van der Waals surface area contributed by atoms with E-state index in [9.17, 15) is 4.21 Å². The molecule has 0 fully saturated rings. The summed E-state index contributed by atoms with van der Waals surface area (Å²) in [6.45, 7) is 2.12. The molecule has 1 aliphatic rings. The minimum atomic E-state index is -0.726. The molecule has 2 rings (SSSR count). The van der Waals surface area contributed by atoms with Gasteiger partial charge >= 0.3 is 0 Å². The first-order chi connectivity index (χ1) is 8.16. The maximum absolute atomic E-state index is 11.2. The van der Waals surface area contributed by atoms with Gasteiger partial charge in [-0.3, -0.25) is 4.21 Å². The van der Waals surface area contributed by atoms with E-state index >= 15 is 0 Å². The van der Waals surface area contributed by atoms with Gasteiger partial charge in [0.25, 0.3) is 0 Å². The molecule has 0 aliphatic carbocycles. The van der Waals surface area contributed by atoms with Gasteiger partial charge in [0.15, 0.2) is 0 Å². The quantitative estimate of drug-likeness (QED) is 0.911. The first kappa shape index (κ1) is 13.1. The highest BCUT2D eigenvalue weighted by Crippen LogP contribution is 2.35. The predicted octanol–water partition coefficient (Wildman–Crippen LogP) is 2.58. The Kier molecular flexibility index (Phi) is 4.65. The second-order valence-corrected chi connectivity index (χ2v) is 7.15. The molecule has 0 aromatic heterocycles. The highest BCUT2D eigenvalue weighted by Gasteiger charge is 2.21. The van der Waals surface area contributed by atoms with Crippen molar-refractivity contribution in [3.8, 4) is 0 Å². The van der Waals surface area contributed by atoms with Crippen LogP contribution in [0.4, 0.5) is 0 Å². The molecular weight excluding hydrogens is 250 g/mol. The van der Waals surface area contributed by atoms with Crippen molar-refractivity contribution in [2.75, 3.05) is 17.8 Å². The van der Waals surface area contributed by atoms with Gasteiger partial charge in [0, 0.05) is 39.8 Å². The van der Waals surface area contributed by atoms with Gasteiger partial charge in [-0.15, -0.1) is 11.8 Å². The highest BCUT2D eigenvalue weighted by molar-refractivity contribution is 7.99. The monoisotopic (exact) mass is 269 g/mol. The molecule has 3 atom stereocenters. The van der Waals surface area contributed by atoms with Gasteiger partial charge in [0.05, 0.1) is 0 Å². The standard InChI is InChI=1S/C13H19NOS2/c1-10(9-17(2)15)14-12-7-8-16-13-6-4-3-5-11(12)13/h3-6,10,12,14H,7-9H2,1-2H3. The number of nitrogens with one attached hydrogen (secondary N) is 1. The van der Waals surface area contributed by atoms with Crippen LogP contribution in [0.5, 0.6) is 0 Å². The van der Waals surface area contributed by atoms with Crippen molar-refractivity contribution in [3.63, 3.8) is 0 Å². The lowest BCUT2D eigenvalue weighted by Gasteiger charge is -2.28. The van der Waals surface area contributed by atoms with Gasteiger partial charge in [0.2, 0.25) is 0 Å². The zero-order valence-corrected chi connectivity index (χ0v) is 11.9. The van der Waals surface area contributed by atoms with Gasteiger partial charge in [-0.2, -0.15) is 0 Å². The third kappa shape index (κ3) is 3.57. The fourth-order valence-electron chi connectivity index (χ4n) is 2.26. The molecule has 0 saturated heterocycles. The lowest BCUT2D eigenvalue weighted by Crippen LogP contribution is -2.35. The second-order valence-electron chi connectivity index (χ2n) is 4.54. The van der Waals surface area contributed by atoms with E-state index in [0.717, 1.165) is 17.9 Å². The summed E-state index contributed by atoms with van der Waals surface area (Å²) < 4.78 is 11.2. The van der Waals surface area contributed by atoms with E-state index < -0.39 is 10.8 Å². The number of thioether (sulfide) groups is 1. The van der Waals surface area contributed by atoms with E-state index in [1.807, 2.05) is 11.8 Å². The fourth-order valence-corrected chi connectivity index (χ4v) is 4.18. The first-order valence-electron chi connectivity index (χ1n) is 5.94. The van der Waals surface area contributed by atoms with Crippen LogP contribution in [0.1, 0.15) is 24.9 Å². The van der Waals surface area contributed by atoms with Crippen molar-refractivity contribution >= 4 is 22.6 Å². The molecule has 1 N–H and O–H groups in total. The second kappa shape index (κ2) is 6.03. The lowest BCUT2D eigenvalue weighted by molar-refractivity contribution is 0.462. The molecule has 0 amide bonds. The Bertz CT molecular complexity index is 408. The average Bonchev–Trinajstić information content (AvgIpc) is 2.28. The summed E-state index contributed by atoms with van der Waals surface area (Å²) >= 11 is 1.93. The van der Waals surface area contributed by atoms with Crippen LogP contribution < -0.4 is 5.32 Å². The predicted molar refractivity (Wildman–Crippen MR) is 76.1 cm³/mol. The molecule has 1 aromatic carbocycles. The molecule has 0 radical (unpaired) electrons. The minimum Gasteiger partial charge on any atom is -0.306 e. The molecule has 1 heterocycles. The van der Waals surface area contributed by atoms with Crippen LogP contribution in [0.15, 0.2) is 29.2 Å². The minimum absolute atomic E-state index is 0.307. The van der Waals surface area contributed by atoms with E-state index in [1.54, 1.807) is 6.26 Å². The Morgan fingerprint density at radius 2 is 2.29 bits per heavy atom. The largest absolute Gasteiger partial charge is 0.306 e. The first-order valence-corrected chi connectivity index (χ1v) is 8.66. The molecule has 17 heavy (non-hydrogen) atoms. The van der Waals surface area contributed by atoms with Crippen LogP contribution >= 0.6 is 11.8 Å². The number of hydrogen-bond acceptors (Lipinski definition) is 3. The van der Waals surface area contributed by atoms with Crippen molar-refractivity contribution in [3.05, 3.63) is 29.8 Å². The number of benzene rings is 1. The van der Waals surface area contributed by atoms with E-state index in [4.69, 9.17) is 0 Å². The average molecular weight is 269 g/mol. The Balaban J connectivity index is 2.05. The van der Waals surface area contributed by atoms with Crippen molar-refractivity contribution in [2.24, 2.45) is 0 Å². The van der Waals surface area contributed by atoms with Crippen LogP contribution in [0.25, 0.3) is 0 Å². The molecule has 0 spiro atoms. The smallest absolute Gasteiger partial charge is 0.0383 e. The Hall–Kier alpha value is -0.320. The summed E-state index contributed by atoms with van der Waals surface area (Å²) in [6, 6.07) is 9.32. The molecule has 0 saturated carbocycles. The number of fused-ring (bicyclic) bond motifs is 1. The zero-order chi connectivity index (χ0) is 12.3. The Morgan fingerprint density at radius 1 is 1.53 bits per heavy atom. The SMILES string of the molecule is CC(CS(C)=O)NC1CCSc2ccccc21. The summed E-state index contributed by atoms with van der Waals surface area (Å²) in [5.74, 6) is 1.89. The topological polar surface area (TPSA) is 29.1 Å². The molecule has 3 unspecified atom stereocenters. The number of rotatable bonds is 4. The normalized spacial score (nSPS) is 22.8. The van der Waals surface area contributed by atoms with Crippen LogP contribution in [0.2, 0.25) is 0 Å². The van der Waals surface area contributed by atoms with Gasteiger partial charge in [-0.1, -0.05) is 18.2 Å². The summed E-state index contributed by atoms with van der Waals surface area (Å²) in [5, 5.41) is 3.60. The van der Waals surface area contributed by atoms with Crippen molar-refractivity contribution < 1.29 is 4.21 Å². The maximum Gasteiger partial charge on any atom is 0.0383 e. The Morgan fingerprint density at radius 3 is 3.06 bits per heavy atom. The fraction of sp³-hybridized carbons (Fsp3) is 0.538. The number of hydrogen-bond donors (Lipinski definition) is 1. The highest BCUT2D eigenvalue weighted by atomic mass is 32.2. The van der Waals surface area contributed by atoms with Crippen LogP contribution in [0.3, 0.4) is 0 Å². The molecule has 0 bridgehead atoms. The van der Waals surface area contributed by atoms with Crippen LogP contribution in [0, 0.1) is 0 Å². The molecule has 2 nitrogen and oxygen atoms in total. The molecule has 1 aliphatic heterocycles. The third-order valence-electron chi connectivity index (χ3n) is 2.93. The van der Waals surface area contributed by atoms with Crippen LogP contribution in [-0.4, -0.2) is 28.0 Å². The van der Waals surface area contributed by atoms with Crippen molar-refractivity contribution in [1.29, 1.82) is 0 Å². The van der Waals surface area contributed by atoms with E-state index in [-0.39, 0.29) is 0 Å².